The van der Waals surface area contributed by atoms with E-state index in [1.807, 2.05) is 4.90 Å². The Morgan fingerprint density at radius 1 is 1.12 bits per heavy atom. The normalized spacial score (nSPS) is 21.9. The third kappa shape index (κ3) is 5.40. The molecule has 1 aromatic heterocycles. The molecule has 0 spiro atoms. The first-order chi connectivity index (χ1) is 16.1. The molecular formula is C22H28N4O7S. The molecule has 1 amide bonds. The topological polar surface area (TPSA) is 160 Å². The van der Waals surface area contributed by atoms with Crippen molar-refractivity contribution < 1.29 is 33.0 Å². The van der Waals surface area contributed by atoms with Gasteiger partial charge in [0.05, 0.1) is 17.9 Å². The maximum absolute atomic E-state index is 12.2. The summed E-state index contributed by atoms with van der Waals surface area (Å²) in [6.45, 7) is 2.24. The second-order valence-electron chi connectivity index (χ2n) is 8.82. The fourth-order valence-corrected chi connectivity index (χ4v) is 6.57. The van der Waals surface area contributed by atoms with Crippen molar-refractivity contribution in [2.45, 2.75) is 31.3 Å². The van der Waals surface area contributed by atoms with E-state index < -0.39 is 33.7 Å². The number of aromatic nitrogens is 1. The van der Waals surface area contributed by atoms with Crippen molar-refractivity contribution in [2.75, 3.05) is 43.0 Å². The summed E-state index contributed by atoms with van der Waals surface area (Å²) in [7, 11) is -2.97. The fraction of sp³-hybridized carbons (Fsp3) is 0.500. The van der Waals surface area contributed by atoms with Gasteiger partial charge in [-0.25, -0.2) is 8.42 Å². The van der Waals surface area contributed by atoms with Crippen LogP contribution in [0.5, 0.6) is 0 Å². The maximum atomic E-state index is 12.2. The number of benzene rings is 1. The average molecular weight is 493 g/mol. The lowest BCUT2D eigenvalue weighted by molar-refractivity contribution is -0.144. The molecule has 34 heavy (non-hydrogen) atoms. The number of hydrogen-bond donors (Lipinski definition) is 4. The first kappa shape index (κ1) is 24.2. The smallest absolute Gasteiger partial charge is 0.325 e. The van der Waals surface area contributed by atoms with Crippen LogP contribution in [0.3, 0.4) is 0 Å². The SMILES string of the molecule is O=C(O)CCC(=O)Nc1ccc2c([C@H](C(=O)O)N3CCN([C@@H]4CCS(=O)(=O)C4)CC3)c[nH]c2c1. The zero-order valence-corrected chi connectivity index (χ0v) is 19.4. The summed E-state index contributed by atoms with van der Waals surface area (Å²) in [4.78, 5) is 41.9. The molecule has 2 saturated heterocycles. The number of nitrogens with one attached hydrogen (secondary N) is 2. The number of hydrogen-bond acceptors (Lipinski definition) is 7. The Labute approximate surface area is 196 Å². The standard InChI is InChI=1S/C22H28N4O7S/c27-19(3-4-20(28)29)24-14-1-2-16-17(12-23-18(16)11-14)21(22(30)31)26-8-6-25(7-9-26)15-5-10-34(32,33)13-15/h1-2,11-12,15,21,23H,3-10,13H2,(H,24,27)(H,28,29)(H,30,31)/t15-,21-/m1/s1. The van der Waals surface area contributed by atoms with Crippen LogP contribution in [-0.4, -0.2) is 95.0 Å². The first-order valence-corrected chi connectivity index (χ1v) is 13.0. The van der Waals surface area contributed by atoms with Crippen molar-refractivity contribution in [1.29, 1.82) is 0 Å². The molecule has 3 heterocycles. The largest absolute Gasteiger partial charge is 0.481 e. The van der Waals surface area contributed by atoms with Crippen molar-refractivity contribution in [3.05, 3.63) is 30.0 Å². The third-order valence-electron chi connectivity index (χ3n) is 6.53. The molecule has 4 N–H and O–H groups in total. The van der Waals surface area contributed by atoms with Crippen molar-refractivity contribution in [1.82, 2.24) is 14.8 Å². The highest BCUT2D eigenvalue weighted by molar-refractivity contribution is 7.91. The maximum Gasteiger partial charge on any atom is 0.325 e. The van der Waals surface area contributed by atoms with Crippen LogP contribution in [0.25, 0.3) is 10.9 Å². The summed E-state index contributed by atoms with van der Waals surface area (Å²) >= 11 is 0. The van der Waals surface area contributed by atoms with E-state index in [-0.39, 0.29) is 30.4 Å². The van der Waals surface area contributed by atoms with Crippen LogP contribution >= 0.6 is 0 Å². The highest BCUT2D eigenvalue weighted by Crippen LogP contribution is 2.31. The van der Waals surface area contributed by atoms with Gasteiger partial charge in [-0.15, -0.1) is 0 Å². The van der Waals surface area contributed by atoms with E-state index in [0.29, 0.717) is 49.4 Å². The van der Waals surface area contributed by atoms with Gasteiger partial charge >= 0.3 is 11.9 Å². The molecule has 11 nitrogen and oxygen atoms in total. The molecule has 2 aromatic rings. The van der Waals surface area contributed by atoms with E-state index in [4.69, 9.17) is 5.11 Å². The van der Waals surface area contributed by atoms with Gasteiger partial charge in [0.1, 0.15) is 6.04 Å². The van der Waals surface area contributed by atoms with Crippen LogP contribution in [0.1, 0.15) is 30.9 Å². The van der Waals surface area contributed by atoms with Gasteiger partial charge in [0.15, 0.2) is 9.84 Å². The number of nitrogens with zero attached hydrogens (tertiary/aromatic N) is 2. The lowest BCUT2D eigenvalue weighted by atomic mass is 10.0. The number of aromatic amines is 1. The average Bonchev–Trinajstić information content (AvgIpc) is 3.35. The minimum atomic E-state index is -2.97. The van der Waals surface area contributed by atoms with Gasteiger partial charge < -0.3 is 20.5 Å². The molecule has 0 unspecified atom stereocenters. The number of carbonyl (C=O) groups excluding carboxylic acids is 1. The molecule has 0 bridgehead atoms. The number of fused-ring (bicyclic) bond motifs is 1. The van der Waals surface area contributed by atoms with Gasteiger partial charge in [-0.1, -0.05) is 6.07 Å². The van der Waals surface area contributed by atoms with Crippen LogP contribution in [0.4, 0.5) is 5.69 Å². The molecule has 2 aliphatic rings. The summed E-state index contributed by atoms with van der Waals surface area (Å²) in [5.41, 5.74) is 1.76. The number of carboxylic acids is 2. The van der Waals surface area contributed by atoms with Crippen molar-refractivity contribution in [3.8, 4) is 0 Å². The van der Waals surface area contributed by atoms with Gasteiger partial charge in [0.2, 0.25) is 5.91 Å². The number of rotatable bonds is 8. The quantitative estimate of drug-likeness (QED) is 0.420. The van der Waals surface area contributed by atoms with Crippen LogP contribution < -0.4 is 5.32 Å². The predicted molar refractivity (Wildman–Crippen MR) is 124 cm³/mol. The zero-order valence-electron chi connectivity index (χ0n) is 18.6. The number of amides is 1. The second kappa shape index (κ2) is 9.72. The van der Waals surface area contributed by atoms with E-state index in [1.165, 1.54) is 0 Å². The first-order valence-electron chi connectivity index (χ1n) is 11.2. The molecule has 2 atom stereocenters. The van der Waals surface area contributed by atoms with Gasteiger partial charge in [-0.3, -0.25) is 24.2 Å². The number of anilines is 1. The Bertz CT molecular complexity index is 1200. The lowest BCUT2D eigenvalue weighted by Gasteiger charge is -2.39. The molecule has 184 valence electrons. The molecular weight excluding hydrogens is 464 g/mol. The van der Waals surface area contributed by atoms with E-state index in [0.717, 1.165) is 5.39 Å². The van der Waals surface area contributed by atoms with Crippen LogP contribution in [0.2, 0.25) is 0 Å². The van der Waals surface area contributed by atoms with Crippen molar-refractivity contribution >= 4 is 44.3 Å². The Morgan fingerprint density at radius 3 is 2.47 bits per heavy atom. The summed E-state index contributed by atoms with van der Waals surface area (Å²) in [6.07, 6.45) is 1.89. The van der Waals surface area contributed by atoms with Crippen LogP contribution in [0.15, 0.2) is 24.4 Å². The number of carbonyl (C=O) groups is 3. The molecule has 1 aromatic carbocycles. The molecule has 0 saturated carbocycles. The van der Waals surface area contributed by atoms with E-state index in [1.54, 1.807) is 24.4 Å². The number of piperazine rings is 1. The summed E-state index contributed by atoms with van der Waals surface area (Å²) < 4.78 is 23.6. The number of aliphatic carboxylic acids is 2. The lowest BCUT2D eigenvalue weighted by Crippen LogP contribution is -2.52. The van der Waals surface area contributed by atoms with E-state index in [2.05, 4.69) is 15.2 Å². The third-order valence-corrected chi connectivity index (χ3v) is 8.28. The van der Waals surface area contributed by atoms with Crippen molar-refractivity contribution in [3.63, 3.8) is 0 Å². The van der Waals surface area contributed by atoms with Crippen LogP contribution in [-0.2, 0) is 24.2 Å². The highest BCUT2D eigenvalue weighted by atomic mass is 32.2. The van der Waals surface area contributed by atoms with Gasteiger partial charge in [-0.05, 0) is 18.6 Å². The zero-order chi connectivity index (χ0) is 24.5. The molecule has 0 radical (unpaired) electrons. The Hall–Kier alpha value is -2.96. The molecule has 0 aliphatic carbocycles. The minimum Gasteiger partial charge on any atom is -0.481 e. The molecule has 4 rings (SSSR count). The van der Waals surface area contributed by atoms with E-state index in [9.17, 15) is 27.9 Å². The van der Waals surface area contributed by atoms with Gasteiger partial charge in [0, 0.05) is 67.0 Å². The summed E-state index contributed by atoms with van der Waals surface area (Å²) in [5.74, 6) is -2.04. The summed E-state index contributed by atoms with van der Waals surface area (Å²) in [5, 5.41) is 22.1. The highest BCUT2D eigenvalue weighted by Gasteiger charge is 2.37. The Balaban J connectivity index is 1.45. The fourth-order valence-electron chi connectivity index (χ4n) is 4.81. The van der Waals surface area contributed by atoms with E-state index >= 15 is 0 Å². The van der Waals surface area contributed by atoms with Crippen molar-refractivity contribution in [2.24, 2.45) is 0 Å². The molecule has 2 aliphatic heterocycles. The Morgan fingerprint density at radius 2 is 1.85 bits per heavy atom. The Kier molecular flexibility index (Phi) is 6.91. The second-order valence-corrected chi connectivity index (χ2v) is 11.0. The number of sulfone groups is 1. The van der Waals surface area contributed by atoms with Gasteiger partial charge in [-0.2, -0.15) is 0 Å². The van der Waals surface area contributed by atoms with Crippen LogP contribution in [0, 0.1) is 0 Å². The monoisotopic (exact) mass is 492 g/mol. The number of H-pyrrole nitrogens is 1. The predicted octanol–water partition coefficient (Wildman–Crippen LogP) is 0.902. The summed E-state index contributed by atoms with van der Waals surface area (Å²) in [6, 6.07) is 4.24. The van der Waals surface area contributed by atoms with Gasteiger partial charge in [0.25, 0.3) is 0 Å². The molecule has 12 heteroatoms. The molecule has 2 fully saturated rings. The number of carboxylic acid groups (broad SMARTS) is 2. The minimum absolute atomic E-state index is 0.00708.